The lowest BCUT2D eigenvalue weighted by atomic mass is 9.50. The molecule has 0 N–H and O–H groups in total. The van der Waals surface area contributed by atoms with Gasteiger partial charge in [0, 0.05) is 0 Å². The first-order valence-corrected chi connectivity index (χ1v) is 11.2. The molecule has 3 fully saturated rings. The van der Waals surface area contributed by atoms with Crippen molar-refractivity contribution in [2.75, 3.05) is 0 Å². The van der Waals surface area contributed by atoms with Gasteiger partial charge in [0.15, 0.2) is 0 Å². The van der Waals surface area contributed by atoms with Crippen molar-refractivity contribution in [3.63, 3.8) is 0 Å². The average molecular weight is 330 g/mol. The molecule has 0 aliphatic heterocycles. The van der Waals surface area contributed by atoms with E-state index in [1.54, 1.807) is 0 Å². The molecule has 3 rings (SSSR count). The van der Waals surface area contributed by atoms with E-state index in [0.29, 0.717) is 5.41 Å². The van der Waals surface area contributed by atoms with Gasteiger partial charge in [0.1, 0.15) is 0 Å². The van der Waals surface area contributed by atoms with Gasteiger partial charge in [-0.15, -0.1) is 0 Å². The Morgan fingerprint density at radius 1 is 0.792 bits per heavy atom. The molecule has 3 aliphatic rings. The van der Waals surface area contributed by atoms with Crippen LogP contribution in [-0.4, -0.2) is 0 Å². The third-order valence-corrected chi connectivity index (χ3v) is 8.22. The Morgan fingerprint density at radius 2 is 1.29 bits per heavy atom. The molecule has 0 amide bonds. The Morgan fingerprint density at radius 3 is 1.71 bits per heavy atom. The Hall–Kier alpha value is -0.510. The van der Waals surface area contributed by atoms with Gasteiger partial charge >= 0.3 is 0 Å². The van der Waals surface area contributed by atoms with Crippen LogP contribution in [0, 0.1) is 34.0 Å². The lowest BCUT2D eigenvalue weighted by molar-refractivity contribution is -0.0377. The van der Waals surface area contributed by atoms with Gasteiger partial charge in [-0.2, -0.15) is 5.26 Å². The summed E-state index contributed by atoms with van der Waals surface area (Å²) in [6, 6.07) is 2.80. The number of rotatable bonds is 5. The van der Waals surface area contributed by atoms with Crippen LogP contribution >= 0.6 is 0 Å². The fraction of sp³-hybridized carbons (Fsp3) is 0.957. The molecule has 0 unspecified atom stereocenters. The largest absolute Gasteiger partial charge is 0.198 e. The minimum atomic E-state index is 0.0306. The van der Waals surface area contributed by atoms with Gasteiger partial charge in [0.05, 0.1) is 11.5 Å². The number of nitrogens with zero attached hydrogens (tertiary/aromatic N) is 1. The summed E-state index contributed by atoms with van der Waals surface area (Å²) in [5, 5.41) is 9.91. The van der Waals surface area contributed by atoms with Gasteiger partial charge < -0.3 is 0 Å². The zero-order valence-electron chi connectivity index (χ0n) is 16.1. The van der Waals surface area contributed by atoms with Crippen molar-refractivity contribution < 1.29 is 0 Å². The van der Waals surface area contributed by atoms with Crippen molar-refractivity contribution in [1.82, 2.24) is 0 Å². The van der Waals surface area contributed by atoms with E-state index in [4.69, 9.17) is 0 Å². The van der Waals surface area contributed by atoms with E-state index in [2.05, 4.69) is 13.0 Å². The van der Waals surface area contributed by atoms with Crippen molar-refractivity contribution in [2.24, 2.45) is 22.7 Å². The number of unbranched alkanes of at least 4 members (excludes halogenated alkanes) is 1. The Bertz CT molecular complexity index is 392. The first-order chi connectivity index (χ1) is 11.7. The van der Waals surface area contributed by atoms with Crippen molar-refractivity contribution in [2.45, 2.75) is 116 Å². The molecule has 3 aliphatic carbocycles. The zero-order valence-corrected chi connectivity index (χ0v) is 16.1. The average Bonchev–Trinajstić information content (AvgIpc) is 2.68. The minimum Gasteiger partial charge on any atom is -0.198 e. The highest BCUT2D eigenvalue weighted by atomic mass is 14.5. The zero-order chi connectivity index (χ0) is 16.9. The summed E-state index contributed by atoms with van der Waals surface area (Å²) in [6.45, 7) is 2.27. The van der Waals surface area contributed by atoms with E-state index in [9.17, 15) is 5.26 Å². The van der Waals surface area contributed by atoms with Gasteiger partial charge in [0.2, 0.25) is 0 Å². The van der Waals surface area contributed by atoms with Crippen LogP contribution in [-0.2, 0) is 0 Å². The summed E-state index contributed by atoms with van der Waals surface area (Å²) in [7, 11) is 0. The second-order valence-electron chi connectivity index (χ2n) is 9.40. The molecule has 3 saturated carbocycles. The standard InChI is InChI=1S/C23H39N/c1-2-3-14-22(19-24)15-17-23(18-16-22,20-10-6-4-7-11-20)21-12-8-5-9-13-21/h20-21H,2-18H2,1H3. The fourth-order valence-corrected chi connectivity index (χ4v) is 6.63. The van der Waals surface area contributed by atoms with E-state index in [1.807, 2.05) is 0 Å². The number of nitriles is 1. The van der Waals surface area contributed by atoms with Crippen molar-refractivity contribution in [3.8, 4) is 6.07 Å². The van der Waals surface area contributed by atoms with E-state index >= 15 is 0 Å². The third kappa shape index (κ3) is 3.68. The summed E-state index contributed by atoms with van der Waals surface area (Å²) >= 11 is 0. The molecule has 24 heavy (non-hydrogen) atoms. The van der Waals surface area contributed by atoms with Crippen LogP contribution in [0.5, 0.6) is 0 Å². The molecule has 0 aromatic rings. The summed E-state index contributed by atoms with van der Waals surface area (Å²) < 4.78 is 0. The maximum atomic E-state index is 9.91. The molecular formula is C23H39N. The molecular weight excluding hydrogens is 290 g/mol. The summed E-state index contributed by atoms with van der Waals surface area (Å²) in [4.78, 5) is 0. The Labute approximate surface area is 150 Å². The first kappa shape index (κ1) is 18.3. The van der Waals surface area contributed by atoms with Crippen molar-refractivity contribution in [3.05, 3.63) is 0 Å². The van der Waals surface area contributed by atoms with Crippen LogP contribution in [0.2, 0.25) is 0 Å². The van der Waals surface area contributed by atoms with Crippen LogP contribution in [0.3, 0.4) is 0 Å². The molecule has 0 bridgehead atoms. The highest BCUT2D eigenvalue weighted by Gasteiger charge is 2.50. The Balaban J connectivity index is 1.75. The SMILES string of the molecule is CCCCC1(C#N)CCC(C2CCCCC2)(C2CCCCC2)CC1. The molecule has 1 heteroatoms. The molecule has 0 heterocycles. The summed E-state index contributed by atoms with van der Waals surface area (Å²) in [5.74, 6) is 1.97. The quantitative estimate of drug-likeness (QED) is 0.515. The van der Waals surface area contributed by atoms with Gasteiger partial charge in [-0.1, -0.05) is 58.3 Å². The lowest BCUT2D eigenvalue weighted by Crippen LogP contribution is -2.45. The smallest absolute Gasteiger partial charge is 0.0689 e. The Kier molecular flexibility index (Phi) is 6.28. The monoisotopic (exact) mass is 329 g/mol. The van der Waals surface area contributed by atoms with E-state index in [-0.39, 0.29) is 5.41 Å². The van der Waals surface area contributed by atoms with E-state index in [1.165, 1.54) is 103 Å². The molecule has 0 spiro atoms. The second kappa shape index (κ2) is 8.25. The molecule has 0 saturated heterocycles. The van der Waals surface area contributed by atoms with Gasteiger partial charge in [0.25, 0.3) is 0 Å². The van der Waals surface area contributed by atoms with Crippen molar-refractivity contribution >= 4 is 0 Å². The highest BCUT2D eigenvalue weighted by molar-refractivity contribution is 5.07. The number of hydrogen-bond donors (Lipinski definition) is 0. The number of hydrogen-bond acceptors (Lipinski definition) is 1. The van der Waals surface area contributed by atoms with Crippen LogP contribution in [0.15, 0.2) is 0 Å². The topological polar surface area (TPSA) is 23.8 Å². The van der Waals surface area contributed by atoms with Gasteiger partial charge in [-0.25, -0.2) is 0 Å². The van der Waals surface area contributed by atoms with E-state index in [0.717, 1.165) is 18.3 Å². The van der Waals surface area contributed by atoms with Gasteiger partial charge in [-0.05, 0) is 75.0 Å². The maximum absolute atomic E-state index is 9.91. The molecule has 0 atom stereocenters. The second-order valence-corrected chi connectivity index (χ2v) is 9.40. The molecule has 136 valence electrons. The third-order valence-electron chi connectivity index (χ3n) is 8.22. The molecule has 1 nitrogen and oxygen atoms in total. The van der Waals surface area contributed by atoms with Crippen molar-refractivity contribution in [1.29, 1.82) is 5.26 Å². The predicted octanol–water partition coefficient (Wildman–Crippen LogP) is 7.41. The minimum absolute atomic E-state index is 0.0306. The van der Waals surface area contributed by atoms with Crippen LogP contribution < -0.4 is 0 Å². The van der Waals surface area contributed by atoms with Crippen LogP contribution in [0.1, 0.15) is 116 Å². The van der Waals surface area contributed by atoms with Gasteiger partial charge in [-0.3, -0.25) is 0 Å². The van der Waals surface area contributed by atoms with Crippen LogP contribution in [0.4, 0.5) is 0 Å². The highest BCUT2D eigenvalue weighted by Crippen LogP contribution is 2.60. The predicted molar refractivity (Wildman–Crippen MR) is 102 cm³/mol. The lowest BCUT2D eigenvalue weighted by Gasteiger charge is -2.54. The maximum Gasteiger partial charge on any atom is 0.0689 e. The first-order valence-electron chi connectivity index (χ1n) is 11.2. The summed E-state index contributed by atoms with van der Waals surface area (Å²) in [5.41, 5.74) is 0.649. The molecule has 0 aromatic heterocycles. The molecule has 0 radical (unpaired) electrons. The molecule has 0 aromatic carbocycles. The van der Waals surface area contributed by atoms with E-state index < -0.39 is 0 Å². The summed E-state index contributed by atoms with van der Waals surface area (Å²) in [6.07, 6.45) is 23.6. The fourth-order valence-electron chi connectivity index (χ4n) is 6.63. The van der Waals surface area contributed by atoms with Crippen LogP contribution in [0.25, 0.3) is 0 Å². The normalized spacial score (nSPS) is 28.3.